The van der Waals surface area contributed by atoms with Crippen molar-refractivity contribution < 1.29 is 32.8 Å². The Morgan fingerprint density at radius 1 is 1.02 bits per heavy atom. The zero-order valence-electron chi connectivity index (χ0n) is 27.3. The number of aryl methyl sites for hydroxylation is 1. The molecule has 4 aliphatic heterocycles. The van der Waals surface area contributed by atoms with Crippen molar-refractivity contribution >= 4 is 40.9 Å². The molecule has 4 aliphatic rings. The first kappa shape index (κ1) is 35.4. The molecule has 4 bridgehead atoms. The molecule has 2 saturated heterocycles. The lowest BCUT2D eigenvalue weighted by Gasteiger charge is -2.35. The van der Waals surface area contributed by atoms with Crippen LogP contribution in [0.5, 0.6) is 0 Å². The number of carbonyl (C=O) groups is 5. The Hall–Kier alpha value is -3.94. The molecular weight excluding hydrogens is 642 g/mol. The summed E-state index contributed by atoms with van der Waals surface area (Å²) in [6.07, 6.45) is 2.04. The number of aromatic nitrogens is 1. The van der Waals surface area contributed by atoms with Crippen LogP contribution in [0, 0.1) is 6.92 Å². The zero-order valence-corrected chi connectivity index (χ0v) is 28.2. The van der Waals surface area contributed by atoms with Gasteiger partial charge in [0, 0.05) is 74.4 Å². The lowest BCUT2D eigenvalue weighted by molar-refractivity contribution is -0.148. The predicted molar refractivity (Wildman–Crippen MR) is 176 cm³/mol. The summed E-state index contributed by atoms with van der Waals surface area (Å²) >= 11 is 1.58. The number of hydrogen-bond donors (Lipinski definition) is 2. The molecule has 2 fully saturated rings. The average molecular weight is 687 g/mol. The van der Waals surface area contributed by atoms with Crippen LogP contribution >= 0.6 is 11.3 Å². The van der Waals surface area contributed by atoms with Gasteiger partial charge in [-0.3, -0.25) is 24.0 Å². The number of thiazole rings is 1. The summed E-state index contributed by atoms with van der Waals surface area (Å²) in [7, 11) is 0. The quantitative estimate of drug-likeness (QED) is 0.410. The number of benzene rings is 1. The minimum Gasteiger partial charge on any atom is -0.353 e. The number of carbonyl (C=O) groups excluding carboxylic acids is 5. The Balaban J connectivity index is 1.29. The molecular formula is C34H44F2N6O5S. The average Bonchev–Trinajstić information content (AvgIpc) is 3.43. The molecule has 1 aromatic heterocycles. The van der Waals surface area contributed by atoms with E-state index >= 15 is 0 Å². The number of piperidine rings is 2. The van der Waals surface area contributed by atoms with Crippen LogP contribution in [0.3, 0.4) is 0 Å². The summed E-state index contributed by atoms with van der Waals surface area (Å²) in [6.45, 7) is 2.36. The number of amides is 5. The first-order chi connectivity index (χ1) is 23.0. The number of rotatable bonds is 8. The van der Waals surface area contributed by atoms with Crippen LogP contribution in [0.2, 0.25) is 0 Å². The van der Waals surface area contributed by atoms with Gasteiger partial charge in [-0.2, -0.15) is 0 Å². The Labute approximate surface area is 283 Å². The van der Waals surface area contributed by atoms with Crippen LogP contribution < -0.4 is 10.6 Å². The molecule has 1 atom stereocenters. The molecule has 0 radical (unpaired) electrons. The molecule has 260 valence electrons. The summed E-state index contributed by atoms with van der Waals surface area (Å²) in [4.78, 5) is 76.3. The molecule has 2 N–H and O–H groups in total. The molecule has 48 heavy (non-hydrogen) atoms. The maximum absolute atomic E-state index is 13.8. The number of unbranched alkanes of at least 4 members (excludes halogenated alkanes) is 1. The SMILES string of the molecule is Cc1sc2nc1CC(=O)N[C@@H](CCCCNC(=O)c1ccccc1)CC(=O)N(CC(=O)N1CCC(F)(F)CC1)CC(=O)N1CCC2CC1. The molecule has 2 aromatic rings. The number of alkyl halides is 2. The normalized spacial score (nSPS) is 22.1. The van der Waals surface area contributed by atoms with Crippen molar-refractivity contribution in [3.8, 4) is 0 Å². The standard InChI is InChI=1S/C34H44F2N6O5S/c1-23-27-20-28(43)38-26(9-5-6-14-37-32(47)24-7-3-2-4-8-24)19-29(44)42(22-31(46)41-17-12-34(35,36)13-18-41)21-30(45)40-15-10-25(11-16-40)33(39-27)48-23/h2-4,7-8,25-26H,5-6,9-22H2,1H3,(H,37,47)(H,38,43)/t26-/m0/s1. The highest BCUT2D eigenvalue weighted by molar-refractivity contribution is 7.11. The third-order valence-electron chi connectivity index (χ3n) is 9.37. The molecule has 6 rings (SSSR count). The maximum atomic E-state index is 13.8. The van der Waals surface area contributed by atoms with Gasteiger partial charge in [0.2, 0.25) is 23.6 Å². The fourth-order valence-electron chi connectivity index (χ4n) is 6.41. The fourth-order valence-corrected chi connectivity index (χ4v) is 7.52. The molecule has 0 spiro atoms. The minimum absolute atomic E-state index is 0.0687. The lowest BCUT2D eigenvalue weighted by Crippen LogP contribution is -2.52. The highest BCUT2D eigenvalue weighted by Gasteiger charge is 2.37. The van der Waals surface area contributed by atoms with Gasteiger partial charge in [-0.1, -0.05) is 18.2 Å². The smallest absolute Gasteiger partial charge is 0.251 e. The van der Waals surface area contributed by atoms with Crippen LogP contribution in [-0.2, 0) is 25.6 Å². The molecule has 14 heteroatoms. The number of fused-ring (bicyclic) bond motifs is 10. The summed E-state index contributed by atoms with van der Waals surface area (Å²) in [5, 5.41) is 6.83. The zero-order chi connectivity index (χ0) is 34.3. The lowest BCUT2D eigenvalue weighted by atomic mass is 9.97. The van der Waals surface area contributed by atoms with Gasteiger partial charge in [-0.25, -0.2) is 13.8 Å². The summed E-state index contributed by atoms with van der Waals surface area (Å²) in [6, 6.07) is 8.27. The summed E-state index contributed by atoms with van der Waals surface area (Å²) < 4.78 is 27.5. The largest absolute Gasteiger partial charge is 0.353 e. The number of nitrogens with zero attached hydrogens (tertiary/aromatic N) is 4. The summed E-state index contributed by atoms with van der Waals surface area (Å²) in [5.74, 6) is -4.37. The third-order valence-corrected chi connectivity index (χ3v) is 10.5. The van der Waals surface area contributed by atoms with Crippen LogP contribution in [0.4, 0.5) is 8.78 Å². The van der Waals surface area contributed by atoms with Crippen molar-refractivity contribution in [3.05, 3.63) is 51.5 Å². The number of nitrogens with one attached hydrogen (secondary N) is 2. The van der Waals surface area contributed by atoms with Crippen molar-refractivity contribution in [1.82, 2.24) is 30.3 Å². The van der Waals surface area contributed by atoms with E-state index in [9.17, 15) is 32.8 Å². The Bertz CT molecular complexity index is 1470. The molecule has 5 heterocycles. The first-order valence-electron chi connectivity index (χ1n) is 16.8. The van der Waals surface area contributed by atoms with Gasteiger partial charge in [0.1, 0.15) is 13.1 Å². The van der Waals surface area contributed by atoms with Gasteiger partial charge in [0.05, 0.1) is 17.1 Å². The van der Waals surface area contributed by atoms with Crippen LogP contribution in [0.15, 0.2) is 30.3 Å². The topological polar surface area (TPSA) is 132 Å². The van der Waals surface area contributed by atoms with E-state index in [2.05, 4.69) is 10.6 Å². The van der Waals surface area contributed by atoms with Gasteiger partial charge in [0.25, 0.3) is 11.8 Å². The second-order valence-electron chi connectivity index (χ2n) is 13.0. The second kappa shape index (κ2) is 16.0. The monoisotopic (exact) mass is 686 g/mol. The molecule has 0 unspecified atom stereocenters. The van der Waals surface area contributed by atoms with Crippen LogP contribution in [-0.4, -0.2) is 107 Å². The van der Waals surface area contributed by atoms with E-state index in [1.807, 2.05) is 13.0 Å². The minimum atomic E-state index is -2.83. The number of hydrogen-bond acceptors (Lipinski definition) is 7. The Morgan fingerprint density at radius 2 is 1.73 bits per heavy atom. The van der Waals surface area contributed by atoms with E-state index in [1.165, 1.54) is 9.80 Å². The van der Waals surface area contributed by atoms with E-state index in [0.29, 0.717) is 63.0 Å². The molecule has 0 aliphatic carbocycles. The van der Waals surface area contributed by atoms with E-state index in [4.69, 9.17) is 4.98 Å². The number of halogens is 2. The van der Waals surface area contributed by atoms with Crippen LogP contribution in [0.1, 0.15) is 83.2 Å². The van der Waals surface area contributed by atoms with E-state index < -0.39 is 43.2 Å². The fraction of sp³-hybridized carbons (Fsp3) is 0.588. The van der Waals surface area contributed by atoms with Gasteiger partial charge >= 0.3 is 0 Å². The second-order valence-corrected chi connectivity index (χ2v) is 14.2. The third kappa shape index (κ3) is 9.57. The van der Waals surface area contributed by atoms with Crippen LogP contribution in [0.25, 0.3) is 0 Å². The van der Waals surface area contributed by atoms with Crippen molar-refractivity contribution in [2.75, 3.05) is 45.8 Å². The van der Waals surface area contributed by atoms with E-state index in [1.54, 1.807) is 40.5 Å². The van der Waals surface area contributed by atoms with E-state index in [-0.39, 0.29) is 56.1 Å². The Morgan fingerprint density at radius 3 is 2.44 bits per heavy atom. The number of likely N-dealkylation sites (tertiary alicyclic amines) is 1. The molecule has 5 amide bonds. The molecule has 1 aromatic carbocycles. The molecule has 11 nitrogen and oxygen atoms in total. The Kier molecular flexibility index (Phi) is 11.8. The predicted octanol–water partition coefficient (Wildman–Crippen LogP) is 3.28. The highest BCUT2D eigenvalue weighted by Crippen LogP contribution is 2.33. The van der Waals surface area contributed by atoms with Gasteiger partial charge in [0.15, 0.2) is 0 Å². The van der Waals surface area contributed by atoms with Crippen molar-refractivity contribution in [2.45, 2.75) is 82.6 Å². The van der Waals surface area contributed by atoms with Crippen molar-refractivity contribution in [3.63, 3.8) is 0 Å². The van der Waals surface area contributed by atoms with Gasteiger partial charge in [-0.05, 0) is 51.2 Å². The van der Waals surface area contributed by atoms with E-state index in [0.717, 1.165) is 9.88 Å². The molecule has 0 saturated carbocycles. The first-order valence-corrected chi connectivity index (χ1v) is 17.6. The van der Waals surface area contributed by atoms with Gasteiger partial charge < -0.3 is 25.3 Å². The van der Waals surface area contributed by atoms with Crippen molar-refractivity contribution in [1.29, 1.82) is 0 Å². The highest BCUT2D eigenvalue weighted by atomic mass is 32.1. The van der Waals surface area contributed by atoms with Crippen molar-refractivity contribution in [2.24, 2.45) is 0 Å². The summed E-state index contributed by atoms with van der Waals surface area (Å²) in [5.41, 5.74) is 1.26. The maximum Gasteiger partial charge on any atom is 0.251 e. The van der Waals surface area contributed by atoms with Gasteiger partial charge in [-0.15, -0.1) is 11.3 Å².